The van der Waals surface area contributed by atoms with Crippen molar-refractivity contribution in [2.75, 3.05) is 7.11 Å². The van der Waals surface area contributed by atoms with E-state index in [1.54, 1.807) is 7.11 Å². The molecule has 0 saturated carbocycles. The largest absolute Gasteiger partial charge is 0.497 e. The van der Waals surface area contributed by atoms with Crippen LogP contribution in [0.4, 0.5) is 0 Å². The van der Waals surface area contributed by atoms with Crippen LogP contribution in [0.2, 0.25) is 0 Å². The zero-order chi connectivity index (χ0) is 33.8. The Morgan fingerprint density at radius 1 is 0.449 bits per heavy atom. The molecule has 0 aromatic heterocycles. The summed E-state index contributed by atoms with van der Waals surface area (Å²) >= 11 is 0. The molecule has 6 heteroatoms. The Morgan fingerprint density at radius 3 is 1.69 bits per heavy atom. The molecule has 0 unspecified atom stereocenters. The molecule has 0 radical (unpaired) electrons. The molecule has 6 aromatic rings. The number of ether oxygens (including phenoxy) is 4. The van der Waals surface area contributed by atoms with E-state index >= 15 is 0 Å². The third-order valence-corrected chi connectivity index (χ3v) is 8.36. The van der Waals surface area contributed by atoms with Gasteiger partial charge in [0.15, 0.2) is 11.5 Å². The van der Waals surface area contributed by atoms with E-state index in [2.05, 4.69) is 18.2 Å². The second-order valence-electron chi connectivity index (χ2n) is 11.7. The van der Waals surface area contributed by atoms with Crippen LogP contribution in [0.3, 0.4) is 0 Å². The molecule has 6 rings (SSSR count). The molecule has 49 heavy (non-hydrogen) atoms. The van der Waals surface area contributed by atoms with Gasteiger partial charge in [0, 0.05) is 0 Å². The van der Waals surface area contributed by atoms with Gasteiger partial charge in [0.2, 0.25) is 0 Å². The molecule has 0 atom stereocenters. The maximum atomic E-state index is 10.3. The zero-order valence-electron chi connectivity index (χ0n) is 27.5. The number of hydrogen-bond donors (Lipinski definition) is 2. The van der Waals surface area contributed by atoms with Crippen LogP contribution in [-0.2, 0) is 39.3 Å². The van der Waals surface area contributed by atoms with Crippen molar-refractivity contribution in [3.63, 3.8) is 0 Å². The van der Waals surface area contributed by atoms with Gasteiger partial charge >= 0.3 is 0 Å². The number of rotatable bonds is 15. The van der Waals surface area contributed by atoms with E-state index in [1.165, 1.54) is 0 Å². The first-order valence-electron chi connectivity index (χ1n) is 16.4. The van der Waals surface area contributed by atoms with Crippen LogP contribution in [0, 0.1) is 0 Å². The van der Waals surface area contributed by atoms with Gasteiger partial charge in [0.05, 0.1) is 20.3 Å². The summed E-state index contributed by atoms with van der Waals surface area (Å²) < 4.78 is 24.3. The lowest BCUT2D eigenvalue weighted by Gasteiger charge is -2.17. The topological polar surface area (TPSA) is 77.4 Å². The van der Waals surface area contributed by atoms with Gasteiger partial charge in [-0.15, -0.1) is 0 Å². The van der Waals surface area contributed by atoms with Crippen molar-refractivity contribution < 1.29 is 29.2 Å². The second kappa shape index (κ2) is 16.5. The Morgan fingerprint density at radius 2 is 1.04 bits per heavy atom. The summed E-state index contributed by atoms with van der Waals surface area (Å²) in [6.45, 7) is 0.739. The van der Waals surface area contributed by atoms with E-state index < -0.39 is 0 Å². The number of hydrogen-bond acceptors (Lipinski definition) is 6. The van der Waals surface area contributed by atoms with E-state index in [9.17, 15) is 10.2 Å². The van der Waals surface area contributed by atoms with Crippen LogP contribution in [0.1, 0.15) is 33.4 Å². The SMILES string of the molecule is COc1ccc(-c2ccc(OCc3ccccc3)cc2CCc2ccc(OCc3ccccc3)c(Oc3ccc(CO)cc3)c2)c(CO)c1. The maximum Gasteiger partial charge on any atom is 0.169 e. The van der Waals surface area contributed by atoms with Crippen molar-refractivity contribution in [2.45, 2.75) is 39.3 Å². The van der Waals surface area contributed by atoms with Crippen molar-refractivity contribution in [1.29, 1.82) is 0 Å². The Bertz CT molecular complexity index is 1940. The number of methoxy groups -OCH3 is 1. The summed E-state index contributed by atoms with van der Waals surface area (Å²) in [5.74, 6) is 3.39. The fourth-order valence-electron chi connectivity index (χ4n) is 5.67. The standard InChI is InChI=1S/C43H40O6/c1-46-38-19-21-41(36(26-38)28-45)40-22-20-39(47-29-33-8-4-2-5-9-33)25-35(40)16-12-31-15-23-42(48-30-34-10-6-3-7-11-34)43(24-31)49-37-17-13-32(27-44)14-18-37/h2-11,13-15,17-26,44-45H,12,16,27-30H2,1H3. The minimum Gasteiger partial charge on any atom is -0.497 e. The normalized spacial score (nSPS) is 10.8. The number of aliphatic hydroxyl groups is 2. The predicted molar refractivity (Wildman–Crippen MR) is 192 cm³/mol. The van der Waals surface area contributed by atoms with Crippen LogP contribution in [-0.4, -0.2) is 17.3 Å². The van der Waals surface area contributed by atoms with E-state index in [-0.39, 0.29) is 13.2 Å². The van der Waals surface area contributed by atoms with Gasteiger partial charge in [-0.25, -0.2) is 0 Å². The summed E-state index contributed by atoms with van der Waals surface area (Å²) in [4.78, 5) is 0. The van der Waals surface area contributed by atoms with E-state index in [1.807, 2.05) is 121 Å². The quantitative estimate of drug-likeness (QED) is 0.115. The van der Waals surface area contributed by atoms with Crippen molar-refractivity contribution in [1.82, 2.24) is 0 Å². The molecule has 248 valence electrons. The van der Waals surface area contributed by atoms with Gasteiger partial charge in [0.1, 0.15) is 30.5 Å². The average molecular weight is 653 g/mol. The number of benzene rings is 6. The van der Waals surface area contributed by atoms with Crippen LogP contribution >= 0.6 is 0 Å². The molecule has 0 saturated heterocycles. The average Bonchev–Trinajstić information content (AvgIpc) is 3.16. The highest BCUT2D eigenvalue weighted by atomic mass is 16.5. The molecule has 0 amide bonds. The van der Waals surface area contributed by atoms with E-state index in [0.29, 0.717) is 42.6 Å². The molecule has 0 fully saturated rings. The molecular weight excluding hydrogens is 612 g/mol. The Labute approximate surface area is 287 Å². The zero-order valence-corrected chi connectivity index (χ0v) is 27.5. The lowest BCUT2D eigenvalue weighted by molar-refractivity contribution is 0.281. The van der Waals surface area contributed by atoms with Gasteiger partial charge in [0.25, 0.3) is 0 Å². The first-order valence-corrected chi connectivity index (χ1v) is 16.4. The van der Waals surface area contributed by atoms with Gasteiger partial charge in [-0.2, -0.15) is 0 Å². The Kier molecular flexibility index (Phi) is 11.2. The molecule has 0 bridgehead atoms. The molecule has 0 heterocycles. The molecule has 0 aliphatic carbocycles. The smallest absolute Gasteiger partial charge is 0.169 e. The highest BCUT2D eigenvalue weighted by molar-refractivity contribution is 5.72. The van der Waals surface area contributed by atoms with Crippen molar-refractivity contribution >= 4 is 0 Å². The second-order valence-corrected chi connectivity index (χ2v) is 11.7. The third-order valence-electron chi connectivity index (χ3n) is 8.36. The molecule has 0 aliphatic heterocycles. The first-order chi connectivity index (χ1) is 24.1. The van der Waals surface area contributed by atoms with Gasteiger partial charge in [-0.1, -0.05) is 91.0 Å². The van der Waals surface area contributed by atoms with Crippen molar-refractivity contribution in [3.8, 4) is 39.9 Å². The summed E-state index contributed by atoms with van der Waals surface area (Å²) in [6, 6.07) is 45.5. The number of aryl methyl sites for hydroxylation is 2. The molecular formula is C43H40O6. The molecule has 0 spiro atoms. The summed E-state index contributed by atoms with van der Waals surface area (Å²) in [6.07, 6.45) is 1.43. The number of aliphatic hydroxyl groups excluding tert-OH is 2. The molecule has 0 aliphatic rings. The summed E-state index contributed by atoms with van der Waals surface area (Å²) in [5.41, 5.74) is 7.92. The summed E-state index contributed by atoms with van der Waals surface area (Å²) in [5, 5.41) is 19.8. The minimum atomic E-state index is -0.108. The van der Waals surface area contributed by atoms with Crippen LogP contribution in [0.5, 0.6) is 28.7 Å². The third kappa shape index (κ3) is 8.87. The fraction of sp³-hybridized carbons (Fsp3) is 0.163. The van der Waals surface area contributed by atoms with Gasteiger partial charge in [-0.05, 0) is 106 Å². The lowest BCUT2D eigenvalue weighted by atomic mass is 9.92. The van der Waals surface area contributed by atoms with Crippen LogP contribution in [0.15, 0.2) is 140 Å². The maximum absolute atomic E-state index is 10.3. The van der Waals surface area contributed by atoms with Crippen LogP contribution in [0.25, 0.3) is 11.1 Å². The van der Waals surface area contributed by atoms with Gasteiger partial charge in [-0.3, -0.25) is 0 Å². The first kappa shape index (κ1) is 33.3. The van der Waals surface area contributed by atoms with E-state index in [4.69, 9.17) is 18.9 Å². The monoisotopic (exact) mass is 652 g/mol. The molecule has 6 aromatic carbocycles. The van der Waals surface area contributed by atoms with Gasteiger partial charge < -0.3 is 29.2 Å². The van der Waals surface area contributed by atoms with Crippen molar-refractivity contribution in [2.24, 2.45) is 0 Å². The highest BCUT2D eigenvalue weighted by Gasteiger charge is 2.15. The fourth-order valence-corrected chi connectivity index (χ4v) is 5.67. The lowest BCUT2D eigenvalue weighted by Crippen LogP contribution is -2.01. The van der Waals surface area contributed by atoms with E-state index in [0.717, 1.165) is 56.7 Å². The Balaban J connectivity index is 1.29. The minimum absolute atomic E-state index is 0.0298. The van der Waals surface area contributed by atoms with Crippen LogP contribution < -0.4 is 18.9 Å². The Hall–Kier alpha value is -5.56. The summed E-state index contributed by atoms with van der Waals surface area (Å²) in [7, 11) is 1.63. The van der Waals surface area contributed by atoms with Crippen molar-refractivity contribution in [3.05, 3.63) is 173 Å². The highest BCUT2D eigenvalue weighted by Crippen LogP contribution is 2.36. The predicted octanol–water partition coefficient (Wildman–Crippen LogP) is 9.08. The molecule has 2 N–H and O–H groups in total. The molecule has 6 nitrogen and oxygen atoms in total.